The van der Waals surface area contributed by atoms with E-state index in [1.54, 1.807) is 14.2 Å². The summed E-state index contributed by atoms with van der Waals surface area (Å²) in [6.45, 7) is 1.24. The summed E-state index contributed by atoms with van der Waals surface area (Å²) in [5.41, 5.74) is 1.09. The molecule has 1 heterocycles. The summed E-state index contributed by atoms with van der Waals surface area (Å²) >= 11 is 0. The average Bonchev–Trinajstić information content (AvgIpc) is 2.46. The summed E-state index contributed by atoms with van der Waals surface area (Å²) in [5.74, 6) is 1.42. The van der Waals surface area contributed by atoms with Crippen molar-refractivity contribution in [2.45, 2.75) is 12.1 Å². The van der Waals surface area contributed by atoms with E-state index in [4.69, 9.17) is 19.3 Å². The quantitative estimate of drug-likeness (QED) is 0.828. The minimum Gasteiger partial charge on any atom is -0.493 e. The molecule has 0 bridgehead atoms. The molecular formula is C13H19NO4. The number of hydrogen-bond acceptors (Lipinski definition) is 5. The van der Waals surface area contributed by atoms with Crippen LogP contribution in [0.1, 0.15) is 11.6 Å². The summed E-state index contributed by atoms with van der Waals surface area (Å²) in [5, 5.41) is 12.3. The first kappa shape index (κ1) is 13.1. The number of rotatable bonds is 4. The van der Waals surface area contributed by atoms with E-state index in [-0.39, 0.29) is 18.8 Å². The molecular weight excluding hydrogens is 234 g/mol. The molecule has 0 radical (unpaired) electrons. The van der Waals surface area contributed by atoms with Crippen molar-refractivity contribution in [1.82, 2.24) is 5.32 Å². The largest absolute Gasteiger partial charge is 0.493 e. The third kappa shape index (κ3) is 2.75. The second-order valence-corrected chi connectivity index (χ2v) is 4.21. The van der Waals surface area contributed by atoms with Crippen molar-refractivity contribution >= 4 is 0 Å². The average molecular weight is 253 g/mol. The zero-order valence-electron chi connectivity index (χ0n) is 10.7. The van der Waals surface area contributed by atoms with Gasteiger partial charge in [-0.1, -0.05) is 6.07 Å². The van der Waals surface area contributed by atoms with Gasteiger partial charge in [0.05, 0.1) is 39.6 Å². The van der Waals surface area contributed by atoms with E-state index in [1.807, 2.05) is 18.2 Å². The Morgan fingerprint density at radius 3 is 2.67 bits per heavy atom. The van der Waals surface area contributed by atoms with Gasteiger partial charge in [0.25, 0.3) is 0 Å². The minimum atomic E-state index is -0.110. The van der Waals surface area contributed by atoms with Crippen molar-refractivity contribution < 1.29 is 19.3 Å². The maximum absolute atomic E-state index is 9.00. The molecule has 1 aromatic carbocycles. The molecule has 5 nitrogen and oxygen atoms in total. The second kappa shape index (κ2) is 6.04. The van der Waals surface area contributed by atoms with Gasteiger partial charge >= 0.3 is 0 Å². The summed E-state index contributed by atoms with van der Waals surface area (Å²) in [7, 11) is 3.24. The topological polar surface area (TPSA) is 60.0 Å². The Labute approximate surface area is 107 Å². The number of methoxy groups -OCH3 is 2. The molecule has 5 heteroatoms. The van der Waals surface area contributed by atoms with E-state index in [2.05, 4.69) is 5.32 Å². The van der Waals surface area contributed by atoms with E-state index >= 15 is 0 Å². The SMILES string of the molecule is COc1ccc(C2COC(CO)CN2)cc1OC. The molecule has 2 atom stereocenters. The van der Waals surface area contributed by atoms with Gasteiger partial charge in [-0.25, -0.2) is 0 Å². The lowest BCUT2D eigenvalue weighted by Crippen LogP contribution is -2.42. The zero-order valence-corrected chi connectivity index (χ0v) is 10.7. The van der Waals surface area contributed by atoms with Crippen LogP contribution in [0.4, 0.5) is 0 Å². The van der Waals surface area contributed by atoms with Gasteiger partial charge in [0.2, 0.25) is 0 Å². The van der Waals surface area contributed by atoms with E-state index in [0.29, 0.717) is 24.7 Å². The smallest absolute Gasteiger partial charge is 0.161 e. The summed E-state index contributed by atoms with van der Waals surface area (Å²) in [6.07, 6.45) is -0.110. The molecule has 2 N–H and O–H groups in total. The summed E-state index contributed by atoms with van der Waals surface area (Å²) in [6, 6.07) is 5.93. The molecule has 100 valence electrons. The van der Waals surface area contributed by atoms with Gasteiger partial charge in [0.15, 0.2) is 11.5 Å². The maximum atomic E-state index is 9.00. The van der Waals surface area contributed by atoms with Crippen LogP contribution >= 0.6 is 0 Å². The van der Waals surface area contributed by atoms with Crippen molar-refractivity contribution in [3.8, 4) is 11.5 Å². The highest BCUT2D eigenvalue weighted by atomic mass is 16.5. The molecule has 1 saturated heterocycles. The molecule has 0 amide bonds. The third-order valence-corrected chi connectivity index (χ3v) is 3.10. The Balaban J connectivity index is 2.09. The molecule has 0 aliphatic carbocycles. The normalized spacial score (nSPS) is 23.7. The highest BCUT2D eigenvalue weighted by Crippen LogP contribution is 2.30. The number of ether oxygens (including phenoxy) is 3. The third-order valence-electron chi connectivity index (χ3n) is 3.10. The van der Waals surface area contributed by atoms with Gasteiger partial charge in [0.1, 0.15) is 0 Å². The van der Waals surface area contributed by atoms with Crippen LogP contribution in [0.2, 0.25) is 0 Å². The second-order valence-electron chi connectivity index (χ2n) is 4.21. The Kier molecular flexibility index (Phi) is 4.41. The Morgan fingerprint density at radius 1 is 1.33 bits per heavy atom. The fourth-order valence-corrected chi connectivity index (χ4v) is 2.02. The van der Waals surface area contributed by atoms with Gasteiger partial charge in [-0.2, -0.15) is 0 Å². The predicted octanol–water partition coefficient (Wildman–Crippen LogP) is 0.726. The molecule has 0 aromatic heterocycles. The van der Waals surface area contributed by atoms with Crippen LogP contribution < -0.4 is 14.8 Å². The van der Waals surface area contributed by atoms with Gasteiger partial charge in [-0.3, -0.25) is 0 Å². The molecule has 1 aliphatic heterocycles. The van der Waals surface area contributed by atoms with E-state index in [1.165, 1.54) is 0 Å². The zero-order chi connectivity index (χ0) is 13.0. The monoisotopic (exact) mass is 253 g/mol. The van der Waals surface area contributed by atoms with Crippen LogP contribution in [-0.4, -0.2) is 45.2 Å². The molecule has 0 spiro atoms. The first-order chi connectivity index (χ1) is 8.78. The standard InChI is InChI=1S/C13H19NO4/c1-16-12-4-3-9(5-13(12)17-2)11-8-18-10(7-15)6-14-11/h3-5,10-11,14-15H,6-8H2,1-2H3. The van der Waals surface area contributed by atoms with Crippen LogP contribution in [0.3, 0.4) is 0 Å². The molecule has 2 rings (SSSR count). The minimum absolute atomic E-state index is 0.0473. The Hall–Kier alpha value is -1.30. The fourth-order valence-electron chi connectivity index (χ4n) is 2.02. The summed E-state index contributed by atoms with van der Waals surface area (Å²) < 4.78 is 16.0. The van der Waals surface area contributed by atoms with Crippen LogP contribution in [0.15, 0.2) is 18.2 Å². The number of nitrogens with one attached hydrogen (secondary N) is 1. The highest BCUT2D eigenvalue weighted by molar-refractivity contribution is 5.43. The van der Waals surface area contributed by atoms with Gasteiger partial charge in [-0.05, 0) is 17.7 Å². The van der Waals surface area contributed by atoms with Crippen LogP contribution in [-0.2, 0) is 4.74 Å². The molecule has 1 aromatic rings. The lowest BCUT2D eigenvalue weighted by Gasteiger charge is -2.29. The number of hydrogen-bond donors (Lipinski definition) is 2. The van der Waals surface area contributed by atoms with E-state index in [9.17, 15) is 0 Å². The Morgan fingerprint density at radius 2 is 2.11 bits per heavy atom. The van der Waals surface area contributed by atoms with E-state index in [0.717, 1.165) is 5.56 Å². The van der Waals surface area contributed by atoms with Crippen LogP contribution in [0.5, 0.6) is 11.5 Å². The predicted molar refractivity (Wildman–Crippen MR) is 67.1 cm³/mol. The van der Waals surface area contributed by atoms with Crippen molar-refractivity contribution in [3.63, 3.8) is 0 Å². The van der Waals surface area contributed by atoms with Gasteiger partial charge in [-0.15, -0.1) is 0 Å². The maximum Gasteiger partial charge on any atom is 0.161 e. The number of aliphatic hydroxyl groups is 1. The van der Waals surface area contributed by atoms with Crippen LogP contribution in [0.25, 0.3) is 0 Å². The molecule has 18 heavy (non-hydrogen) atoms. The lowest BCUT2D eigenvalue weighted by molar-refractivity contribution is -0.0259. The van der Waals surface area contributed by atoms with Crippen molar-refractivity contribution in [2.24, 2.45) is 0 Å². The molecule has 0 saturated carbocycles. The van der Waals surface area contributed by atoms with Crippen molar-refractivity contribution in [3.05, 3.63) is 23.8 Å². The van der Waals surface area contributed by atoms with Crippen molar-refractivity contribution in [2.75, 3.05) is 34.0 Å². The van der Waals surface area contributed by atoms with Gasteiger partial charge in [0, 0.05) is 6.54 Å². The Bertz CT molecular complexity index is 389. The van der Waals surface area contributed by atoms with Crippen LogP contribution in [0, 0.1) is 0 Å². The highest BCUT2D eigenvalue weighted by Gasteiger charge is 2.22. The first-order valence-electron chi connectivity index (χ1n) is 5.96. The number of benzene rings is 1. The molecule has 1 fully saturated rings. The molecule has 2 unspecified atom stereocenters. The van der Waals surface area contributed by atoms with E-state index < -0.39 is 0 Å². The van der Waals surface area contributed by atoms with Gasteiger partial charge < -0.3 is 24.6 Å². The lowest BCUT2D eigenvalue weighted by atomic mass is 10.1. The first-order valence-corrected chi connectivity index (χ1v) is 5.96. The van der Waals surface area contributed by atoms with Crippen molar-refractivity contribution in [1.29, 1.82) is 0 Å². The summed E-state index contributed by atoms with van der Waals surface area (Å²) in [4.78, 5) is 0. The fraction of sp³-hybridized carbons (Fsp3) is 0.538. The number of aliphatic hydroxyl groups excluding tert-OH is 1. The number of morpholine rings is 1. The molecule has 1 aliphatic rings.